The van der Waals surface area contributed by atoms with Crippen LogP contribution in [0.3, 0.4) is 0 Å². The minimum absolute atomic E-state index is 0.00509. The zero-order chi connectivity index (χ0) is 14.8. The summed E-state index contributed by atoms with van der Waals surface area (Å²) in [6.45, 7) is 6.53. The largest absolute Gasteiger partial charge is 0.469 e. The first-order valence-electron chi connectivity index (χ1n) is 7.54. The minimum Gasteiger partial charge on any atom is -0.469 e. The fraction of sp³-hybridized carbons (Fsp3) is 0.611. The highest BCUT2D eigenvalue weighted by molar-refractivity contribution is 5.77. The van der Waals surface area contributed by atoms with Crippen LogP contribution in [0.1, 0.15) is 45.6 Å². The molecule has 1 fully saturated rings. The van der Waals surface area contributed by atoms with Crippen LogP contribution in [0.2, 0.25) is 0 Å². The summed E-state index contributed by atoms with van der Waals surface area (Å²) in [5.74, 6) is 0.525. The molecule has 0 amide bonds. The van der Waals surface area contributed by atoms with E-state index >= 15 is 0 Å². The molecule has 2 rings (SSSR count). The average molecular weight is 274 g/mol. The second-order valence-electron chi connectivity index (χ2n) is 6.81. The molecular formula is C18H26O2. The standard InChI is InChI=1S/C18H26O2/c1-17(2)15(11-10-14-8-6-5-7-9-14)12-13-18(17,3)16(19)20-4/h5-9,15H,10-13H2,1-4H3/t15-,18-/m1/s1. The molecule has 1 aromatic carbocycles. The van der Waals surface area contributed by atoms with Gasteiger partial charge in [-0.1, -0.05) is 44.2 Å². The van der Waals surface area contributed by atoms with Crippen molar-refractivity contribution in [3.05, 3.63) is 35.9 Å². The molecule has 20 heavy (non-hydrogen) atoms. The quantitative estimate of drug-likeness (QED) is 0.768. The maximum Gasteiger partial charge on any atom is 0.312 e. The number of ether oxygens (including phenoxy) is 1. The van der Waals surface area contributed by atoms with Crippen LogP contribution < -0.4 is 0 Å². The molecule has 1 aromatic rings. The van der Waals surface area contributed by atoms with E-state index in [0.29, 0.717) is 5.92 Å². The Bertz CT molecular complexity index is 464. The fourth-order valence-electron chi connectivity index (χ4n) is 3.68. The Morgan fingerprint density at radius 3 is 2.50 bits per heavy atom. The first-order valence-corrected chi connectivity index (χ1v) is 7.54. The van der Waals surface area contributed by atoms with Gasteiger partial charge in [0, 0.05) is 0 Å². The highest BCUT2D eigenvalue weighted by Crippen LogP contribution is 2.57. The number of carbonyl (C=O) groups is 1. The molecule has 0 aliphatic heterocycles. The number of methoxy groups -OCH3 is 1. The van der Waals surface area contributed by atoms with E-state index in [9.17, 15) is 4.79 Å². The first kappa shape index (κ1) is 15.1. The van der Waals surface area contributed by atoms with Crippen molar-refractivity contribution in [2.75, 3.05) is 7.11 Å². The Labute approximate surface area is 122 Å². The maximum absolute atomic E-state index is 12.1. The highest BCUT2D eigenvalue weighted by Gasteiger charge is 2.56. The van der Waals surface area contributed by atoms with Crippen LogP contribution in [0.25, 0.3) is 0 Å². The van der Waals surface area contributed by atoms with E-state index in [1.807, 2.05) is 0 Å². The van der Waals surface area contributed by atoms with Crippen LogP contribution in [0.5, 0.6) is 0 Å². The van der Waals surface area contributed by atoms with Crippen LogP contribution in [0.4, 0.5) is 0 Å². The van der Waals surface area contributed by atoms with Gasteiger partial charge in [-0.3, -0.25) is 4.79 Å². The third-order valence-electron chi connectivity index (χ3n) is 5.70. The first-order chi connectivity index (χ1) is 9.41. The van der Waals surface area contributed by atoms with Gasteiger partial charge >= 0.3 is 5.97 Å². The summed E-state index contributed by atoms with van der Waals surface area (Å²) < 4.78 is 5.04. The summed E-state index contributed by atoms with van der Waals surface area (Å²) in [7, 11) is 1.50. The number of benzene rings is 1. The molecule has 0 bridgehead atoms. The molecule has 110 valence electrons. The molecule has 2 atom stereocenters. The predicted molar refractivity (Wildman–Crippen MR) is 81.4 cm³/mol. The van der Waals surface area contributed by atoms with Crippen molar-refractivity contribution < 1.29 is 9.53 Å². The molecule has 1 aliphatic carbocycles. The second kappa shape index (κ2) is 5.59. The van der Waals surface area contributed by atoms with Crippen molar-refractivity contribution in [2.45, 2.75) is 46.5 Å². The molecule has 2 nitrogen and oxygen atoms in total. The van der Waals surface area contributed by atoms with Gasteiger partial charge in [-0.15, -0.1) is 0 Å². The molecule has 0 N–H and O–H groups in total. The van der Waals surface area contributed by atoms with Crippen LogP contribution in [0, 0.1) is 16.7 Å². The van der Waals surface area contributed by atoms with Gasteiger partial charge in [-0.2, -0.15) is 0 Å². The summed E-state index contributed by atoms with van der Waals surface area (Å²) in [6, 6.07) is 10.6. The van der Waals surface area contributed by atoms with Gasteiger partial charge in [0.05, 0.1) is 12.5 Å². The summed E-state index contributed by atoms with van der Waals surface area (Å²) in [5.41, 5.74) is 1.04. The molecule has 0 spiro atoms. The lowest BCUT2D eigenvalue weighted by molar-refractivity contribution is -0.158. The lowest BCUT2D eigenvalue weighted by Gasteiger charge is -2.39. The van der Waals surface area contributed by atoms with Gasteiger partial charge in [0.1, 0.15) is 0 Å². The summed E-state index contributed by atoms with van der Waals surface area (Å²) in [6.07, 6.45) is 4.29. The Balaban J connectivity index is 2.06. The lowest BCUT2D eigenvalue weighted by atomic mass is 9.65. The molecule has 0 radical (unpaired) electrons. The maximum atomic E-state index is 12.1. The fourth-order valence-corrected chi connectivity index (χ4v) is 3.68. The number of hydrogen-bond donors (Lipinski definition) is 0. The third-order valence-corrected chi connectivity index (χ3v) is 5.70. The van der Waals surface area contributed by atoms with E-state index in [4.69, 9.17) is 4.74 Å². The molecular weight excluding hydrogens is 248 g/mol. The molecule has 0 saturated heterocycles. The normalized spacial score (nSPS) is 28.3. The molecule has 1 aliphatic rings. The monoisotopic (exact) mass is 274 g/mol. The Morgan fingerprint density at radius 2 is 1.90 bits per heavy atom. The van der Waals surface area contributed by atoms with Crippen molar-refractivity contribution in [3.63, 3.8) is 0 Å². The zero-order valence-corrected chi connectivity index (χ0v) is 13.1. The van der Waals surface area contributed by atoms with Gasteiger partial charge in [-0.05, 0) is 49.5 Å². The SMILES string of the molecule is COC(=O)[C@@]1(C)CC[C@@H](CCc2ccccc2)C1(C)C. The topological polar surface area (TPSA) is 26.3 Å². The predicted octanol–water partition coefficient (Wildman–Crippen LogP) is 4.23. The molecule has 1 saturated carbocycles. The summed E-state index contributed by atoms with van der Waals surface area (Å²) in [4.78, 5) is 12.1. The van der Waals surface area contributed by atoms with Gasteiger partial charge < -0.3 is 4.74 Å². The van der Waals surface area contributed by atoms with Crippen LogP contribution in [-0.4, -0.2) is 13.1 Å². The van der Waals surface area contributed by atoms with Crippen molar-refractivity contribution in [2.24, 2.45) is 16.7 Å². The number of hydrogen-bond acceptors (Lipinski definition) is 2. The number of carbonyl (C=O) groups excluding carboxylic acids is 1. The number of rotatable bonds is 4. The van der Waals surface area contributed by atoms with Gasteiger partial charge in [0.15, 0.2) is 0 Å². The molecule has 0 heterocycles. The number of aryl methyl sites for hydroxylation is 1. The van der Waals surface area contributed by atoms with E-state index in [1.54, 1.807) is 0 Å². The van der Waals surface area contributed by atoms with Crippen LogP contribution in [0.15, 0.2) is 30.3 Å². The summed E-state index contributed by atoms with van der Waals surface area (Å²) >= 11 is 0. The van der Waals surface area contributed by atoms with Crippen molar-refractivity contribution in [3.8, 4) is 0 Å². The molecule has 2 heteroatoms. The Kier molecular flexibility index (Phi) is 4.22. The van der Waals surface area contributed by atoms with Crippen molar-refractivity contribution >= 4 is 5.97 Å². The summed E-state index contributed by atoms with van der Waals surface area (Å²) in [5, 5.41) is 0. The van der Waals surface area contributed by atoms with E-state index in [1.165, 1.54) is 12.7 Å². The van der Waals surface area contributed by atoms with E-state index in [0.717, 1.165) is 25.7 Å². The Morgan fingerprint density at radius 1 is 1.25 bits per heavy atom. The van der Waals surface area contributed by atoms with Gasteiger partial charge in [0.2, 0.25) is 0 Å². The minimum atomic E-state index is -0.344. The molecule has 0 unspecified atom stereocenters. The van der Waals surface area contributed by atoms with E-state index < -0.39 is 0 Å². The van der Waals surface area contributed by atoms with E-state index in [2.05, 4.69) is 51.1 Å². The Hall–Kier alpha value is -1.31. The van der Waals surface area contributed by atoms with Gasteiger partial charge in [-0.25, -0.2) is 0 Å². The van der Waals surface area contributed by atoms with Crippen molar-refractivity contribution in [1.82, 2.24) is 0 Å². The second-order valence-corrected chi connectivity index (χ2v) is 6.81. The van der Waals surface area contributed by atoms with Crippen LogP contribution >= 0.6 is 0 Å². The molecule has 0 aromatic heterocycles. The number of esters is 1. The smallest absolute Gasteiger partial charge is 0.312 e. The third kappa shape index (κ3) is 2.48. The van der Waals surface area contributed by atoms with E-state index in [-0.39, 0.29) is 16.8 Å². The highest BCUT2D eigenvalue weighted by atomic mass is 16.5. The van der Waals surface area contributed by atoms with Crippen molar-refractivity contribution in [1.29, 1.82) is 0 Å². The average Bonchev–Trinajstić information content (AvgIpc) is 2.69. The van der Waals surface area contributed by atoms with Gasteiger partial charge in [0.25, 0.3) is 0 Å². The van der Waals surface area contributed by atoms with Crippen LogP contribution in [-0.2, 0) is 16.0 Å². The lowest BCUT2D eigenvalue weighted by Crippen LogP contribution is -2.41. The zero-order valence-electron chi connectivity index (χ0n) is 13.1.